The average molecular weight is 365 g/mol. The summed E-state index contributed by atoms with van der Waals surface area (Å²) in [5, 5.41) is 2.50. The second-order valence-electron chi connectivity index (χ2n) is 5.26. The topological polar surface area (TPSA) is 86.6 Å². The summed E-state index contributed by atoms with van der Waals surface area (Å²) >= 11 is 5.95. The van der Waals surface area contributed by atoms with E-state index in [1.807, 2.05) is 13.0 Å². The summed E-state index contributed by atoms with van der Waals surface area (Å²) in [4.78, 5) is 35.1. The lowest BCUT2D eigenvalue weighted by atomic mass is 10.2. The van der Waals surface area contributed by atoms with E-state index in [-0.39, 0.29) is 0 Å². The first-order valence-corrected chi connectivity index (χ1v) is 7.74. The maximum absolute atomic E-state index is 11.8. The second-order valence-corrected chi connectivity index (χ2v) is 5.67. The molecule has 2 amide bonds. The summed E-state index contributed by atoms with van der Waals surface area (Å²) in [7, 11) is 1.67. The van der Waals surface area contributed by atoms with Crippen LogP contribution in [0.25, 0.3) is 0 Å². The van der Waals surface area contributed by atoms with Gasteiger partial charge in [-0.2, -0.15) is 0 Å². The van der Waals surface area contributed by atoms with E-state index in [2.05, 4.69) is 5.32 Å². The van der Waals surface area contributed by atoms with Crippen molar-refractivity contribution in [1.82, 2.24) is 9.88 Å². The van der Waals surface area contributed by atoms with Crippen LogP contribution < -0.4 is 10.1 Å². The molecule has 0 radical (unpaired) electrons. The highest BCUT2D eigenvalue weighted by atomic mass is 35.5. The van der Waals surface area contributed by atoms with E-state index in [1.165, 1.54) is 0 Å². The molecule has 0 bridgehead atoms. The number of benzene rings is 1. The molecule has 1 heterocycles. The molecule has 2 rings (SSSR count). The molecule has 1 aromatic heterocycles. The molecule has 0 fully saturated rings. The molecule has 1 N–H and O–H groups in total. The van der Waals surface area contributed by atoms with E-state index in [9.17, 15) is 14.4 Å². The van der Waals surface area contributed by atoms with Crippen LogP contribution in [0.1, 0.15) is 16.1 Å². The molecule has 0 spiro atoms. The van der Waals surface area contributed by atoms with Gasteiger partial charge in [0.05, 0.1) is 5.02 Å². The molecular formula is C17H17ClN2O5. The first kappa shape index (κ1) is 18.5. The lowest BCUT2D eigenvalue weighted by Gasteiger charge is -2.09. The minimum absolute atomic E-state index is 0.317. The first-order chi connectivity index (χ1) is 11.9. The summed E-state index contributed by atoms with van der Waals surface area (Å²) in [5.41, 5.74) is 1.24. The van der Waals surface area contributed by atoms with Crippen LogP contribution in [0, 0.1) is 6.92 Å². The van der Waals surface area contributed by atoms with Gasteiger partial charge in [0.1, 0.15) is 11.4 Å². The number of carbonyl (C=O) groups excluding carboxylic acids is 3. The van der Waals surface area contributed by atoms with Crippen molar-refractivity contribution in [2.75, 3.05) is 13.2 Å². The van der Waals surface area contributed by atoms with Crippen LogP contribution in [0.2, 0.25) is 5.02 Å². The predicted octanol–water partition coefficient (Wildman–Crippen LogP) is 1.87. The largest absolute Gasteiger partial charge is 0.480 e. The van der Waals surface area contributed by atoms with E-state index in [1.54, 1.807) is 42.1 Å². The van der Waals surface area contributed by atoms with E-state index in [0.29, 0.717) is 16.5 Å². The number of nitrogens with zero attached hydrogens (tertiary/aromatic N) is 1. The third-order valence-corrected chi connectivity index (χ3v) is 3.54. The average Bonchev–Trinajstić information content (AvgIpc) is 3.00. The summed E-state index contributed by atoms with van der Waals surface area (Å²) in [5.74, 6) is -1.70. The Kier molecular flexibility index (Phi) is 6.19. The number of halogens is 1. The quantitative estimate of drug-likeness (QED) is 0.791. The Labute approximate surface area is 149 Å². The number of hydrogen-bond donors (Lipinski definition) is 1. The van der Waals surface area contributed by atoms with Crippen molar-refractivity contribution in [1.29, 1.82) is 0 Å². The van der Waals surface area contributed by atoms with Gasteiger partial charge in [-0.3, -0.25) is 14.9 Å². The van der Waals surface area contributed by atoms with Crippen molar-refractivity contribution in [2.24, 2.45) is 7.05 Å². The first-order valence-electron chi connectivity index (χ1n) is 7.37. The monoisotopic (exact) mass is 364 g/mol. The van der Waals surface area contributed by atoms with Crippen LogP contribution in [0.3, 0.4) is 0 Å². The molecule has 1 aromatic carbocycles. The molecule has 8 heteroatoms. The van der Waals surface area contributed by atoms with Crippen LogP contribution in [-0.2, 0) is 21.4 Å². The van der Waals surface area contributed by atoms with Crippen LogP contribution in [0.15, 0.2) is 36.5 Å². The van der Waals surface area contributed by atoms with Gasteiger partial charge >= 0.3 is 5.97 Å². The summed E-state index contributed by atoms with van der Waals surface area (Å²) in [6.45, 7) is 0.873. The van der Waals surface area contributed by atoms with Gasteiger partial charge in [-0.05, 0) is 36.8 Å². The van der Waals surface area contributed by atoms with E-state index >= 15 is 0 Å². The predicted molar refractivity (Wildman–Crippen MR) is 90.5 cm³/mol. The Morgan fingerprint density at radius 2 is 1.96 bits per heavy atom. The molecule has 132 valence electrons. The van der Waals surface area contributed by atoms with Crippen LogP contribution >= 0.6 is 11.6 Å². The number of imide groups is 1. The van der Waals surface area contributed by atoms with Gasteiger partial charge in [0.15, 0.2) is 13.2 Å². The number of esters is 1. The van der Waals surface area contributed by atoms with Crippen molar-refractivity contribution in [3.63, 3.8) is 0 Å². The Bertz CT molecular complexity index is 800. The number of carbonyl (C=O) groups is 3. The highest BCUT2D eigenvalue weighted by molar-refractivity contribution is 6.32. The van der Waals surface area contributed by atoms with Crippen molar-refractivity contribution in [2.45, 2.75) is 6.92 Å². The van der Waals surface area contributed by atoms with Gasteiger partial charge in [-0.25, -0.2) is 4.79 Å². The normalized spacial score (nSPS) is 10.2. The molecule has 0 atom stereocenters. The molecular weight excluding hydrogens is 348 g/mol. The van der Waals surface area contributed by atoms with Crippen molar-refractivity contribution < 1.29 is 23.9 Å². The lowest BCUT2D eigenvalue weighted by Crippen LogP contribution is -2.35. The summed E-state index contributed by atoms with van der Waals surface area (Å²) in [6.07, 6.45) is 1.67. The smallest absolute Gasteiger partial charge is 0.344 e. The summed E-state index contributed by atoms with van der Waals surface area (Å²) < 4.78 is 11.6. The standard InChI is InChI=1S/C17H17ClN2O5/c1-11-5-6-12(18)14(8-11)24-10-16(22)25-9-15(21)19-17(23)13-4-3-7-20(13)2/h3-8H,9-10H2,1-2H3,(H,19,21,23). The van der Waals surface area contributed by atoms with Gasteiger partial charge in [0.2, 0.25) is 0 Å². The minimum atomic E-state index is -0.751. The maximum Gasteiger partial charge on any atom is 0.344 e. The fourth-order valence-electron chi connectivity index (χ4n) is 1.97. The third kappa shape index (κ3) is 5.36. The molecule has 7 nitrogen and oxygen atoms in total. The summed E-state index contributed by atoms with van der Waals surface area (Å²) in [6, 6.07) is 8.38. The fraction of sp³-hybridized carbons (Fsp3) is 0.235. The van der Waals surface area contributed by atoms with Crippen LogP contribution in [0.4, 0.5) is 0 Å². The number of hydrogen-bond acceptors (Lipinski definition) is 5. The number of aromatic nitrogens is 1. The fourth-order valence-corrected chi connectivity index (χ4v) is 2.14. The van der Waals surface area contributed by atoms with Crippen molar-refractivity contribution in [3.8, 4) is 5.75 Å². The zero-order valence-corrected chi connectivity index (χ0v) is 14.5. The molecule has 0 saturated heterocycles. The second kappa shape index (κ2) is 8.34. The van der Waals surface area contributed by atoms with Gasteiger partial charge in [0, 0.05) is 13.2 Å². The van der Waals surface area contributed by atoms with Crippen LogP contribution in [-0.4, -0.2) is 35.6 Å². The highest BCUT2D eigenvalue weighted by Gasteiger charge is 2.15. The molecule has 2 aromatic rings. The Morgan fingerprint density at radius 3 is 2.64 bits per heavy atom. The minimum Gasteiger partial charge on any atom is -0.480 e. The lowest BCUT2D eigenvalue weighted by molar-refractivity contribution is -0.150. The Morgan fingerprint density at radius 1 is 1.20 bits per heavy atom. The van der Waals surface area contributed by atoms with Crippen molar-refractivity contribution >= 4 is 29.4 Å². The zero-order valence-electron chi connectivity index (χ0n) is 13.7. The number of nitrogens with one attached hydrogen (secondary N) is 1. The number of amides is 2. The van der Waals surface area contributed by atoms with Gasteiger partial charge in [-0.15, -0.1) is 0 Å². The Hall–Kier alpha value is -2.80. The van der Waals surface area contributed by atoms with E-state index in [0.717, 1.165) is 5.56 Å². The van der Waals surface area contributed by atoms with E-state index in [4.69, 9.17) is 21.1 Å². The van der Waals surface area contributed by atoms with E-state index < -0.39 is 31.0 Å². The molecule has 0 aliphatic carbocycles. The number of aryl methyl sites for hydroxylation is 2. The maximum atomic E-state index is 11.8. The van der Waals surface area contributed by atoms with Crippen LogP contribution in [0.5, 0.6) is 5.75 Å². The molecule has 0 aliphatic heterocycles. The van der Waals surface area contributed by atoms with Gasteiger partial charge in [-0.1, -0.05) is 17.7 Å². The number of rotatable bonds is 6. The molecule has 0 aliphatic rings. The third-order valence-electron chi connectivity index (χ3n) is 3.23. The molecule has 0 unspecified atom stereocenters. The zero-order chi connectivity index (χ0) is 18.4. The van der Waals surface area contributed by atoms with Gasteiger partial charge in [0.25, 0.3) is 11.8 Å². The van der Waals surface area contributed by atoms with Crippen molar-refractivity contribution in [3.05, 3.63) is 52.8 Å². The van der Waals surface area contributed by atoms with Gasteiger partial charge < -0.3 is 14.0 Å². The highest BCUT2D eigenvalue weighted by Crippen LogP contribution is 2.25. The number of ether oxygens (including phenoxy) is 2. The Balaban J connectivity index is 1.76. The molecule has 25 heavy (non-hydrogen) atoms. The molecule has 0 saturated carbocycles. The SMILES string of the molecule is Cc1ccc(Cl)c(OCC(=O)OCC(=O)NC(=O)c2cccn2C)c1.